The minimum Gasteiger partial charge on any atom is -0.475 e. The molecular formula is C12H10FN3O2. The number of aromatic nitrogens is 3. The molecule has 0 bridgehead atoms. The quantitative estimate of drug-likeness (QED) is 0.876. The second kappa shape index (κ2) is 3.90. The molecule has 1 aliphatic rings. The standard InChI is InChI=1S/C12H10FN3O2/c13-8-4-2-1-3-7(8)9-5-6-10-14-11(12(17)18)15-16(9)10/h1-4,9H,5-6H2,(H,17,18)/t9-/m0/s1. The van der Waals surface area contributed by atoms with Gasteiger partial charge in [0, 0.05) is 12.0 Å². The number of hydrogen-bond acceptors (Lipinski definition) is 3. The van der Waals surface area contributed by atoms with Crippen molar-refractivity contribution in [2.24, 2.45) is 0 Å². The van der Waals surface area contributed by atoms with Gasteiger partial charge < -0.3 is 5.11 Å². The predicted octanol–water partition coefficient (Wildman–Crippen LogP) is 1.65. The maximum Gasteiger partial charge on any atom is 0.375 e. The molecular weight excluding hydrogens is 237 g/mol. The number of aromatic carboxylic acids is 1. The molecule has 0 fully saturated rings. The Labute approximate surface area is 102 Å². The van der Waals surface area contributed by atoms with Crippen LogP contribution in [0.5, 0.6) is 0 Å². The summed E-state index contributed by atoms with van der Waals surface area (Å²) in [7, 11) is 0. The Morgan fingerprint density at radius 2 is 2.22 bits per heavy atom. The number of rotatable bonds is 2. The van der Waals surface area contributed by atoms with Gasteiger partial charge in [-0.1, -0.05) is 18.2 Å². The molecule has 1 aromatic carbocycles. The van der Waals surface area contributed by atoms with Crippen molar-refractivity contribution >= 4 is 5.97 Å². The zero-order chi connectivity index (χ0) is 12.7. The molecule has 1 N–H and O–H groups in total. The van der Waals surface area contributed by atoms with Crippen molar-refractivity contribution in [2.45, 2.75) is 18.9 Å². The van der Waals surface area contributed by atoms with Crippen LogP contribution in [0.4, 0.5) is 4.39 Å². The SMILES string of the molecule is O=C(O)c1nc2n(n1)[C@H](c1ccccc1F)CC2. The highest BCUT2D eigenvalue weighted by molar-refractivity contribution is 5.82. The minimum atomic E-state index is -1.16. The summed E-state index contributed by atoms with van der Waals surface area (Å²) in [4.78, 5) is 14.7. The smallest absolute Gasteiger partial charge is 0.375 e. The maximum absolute atomic E-state index is 13.7. The van der Waals surface area contributed by atoms with E-state index < -0.39 is 5.97 Å². The normalized spacial score (nSPS) is 17.7. The van der Waals surface area contributed by atoms with Gasteiger partial charge in [-0.25, -0.2) is 18.9 Å². The summed E-state index contributed by atoms with van der Waals surface area (Å²) in [6, 6.07) is 6.20. The van der Waals surface area contributed by atoms with Gasteiger partial charge in [-0.05, 0) is 12.5 Å². The van der Waals surface area contributed by atoms with Gasteiger partial charge in [0.25, 0.3) is 5.82 Å². The predicted molar refractivity (Wildman–Crippen MR) is 59.8 cm³/mol. The summed E-state index contributed by atoms with van der Waals surface area (Å²) in [6.07, 6.45) is 1.30. The number of hydrogen-bond donors (Lipinski definition) is 1. The fourth-order valence-corrected chi connectivity index (χ4v) is 2.29. The first-order chi connectivity index (χ1) is 8.66. The lowest BCUT2D eigenvalue weighted by molar-refractivity contribution is 0.0683. The lowest BCUT2D eigenvalue weighted by atomic mass is 10.0. The molecule has 2 heterocycles. The molecule has 1 atom stereocenters. The number of halogens is 1. The highest BCUT2D eigenvalue weighted by Gasteiger charge is 2.29. The first-order valence-electron chi connectivity index (χ1n) is 5.60. The Morgan fingerprint density at radius 1 is 1.44 bits per heavy atom. The summed E-state index contributed by atoms with van der Waals surface area (Å²) in [5, 5.41) is 12.8. The largest absolute Gasteiger partial charge is 0.475 e. The molecule has 6 heteroatoms. The number of aryl methyl sites for hydroxylation is 1. The molecule has 1 aliphatic heterocycles. The number of nitrogens with zero attached hydrogens (tertiary/aromatic N) is 3. The molecule has 0 amide bonds. The molecule has 1 aromatic heterocycles. The van der Waals surface area contributed by atoms with E-state index in [0.717, 1.165) is 0 Å². The Bertz CT molecular complexity index is 624. The van der Waals surface area contributed by atoms with Crippen molar-refractivity contribution in [1.29, 1.82) is 0 Å². The third-order valence-electron chi connectivity index (χ3n) is 3.09. The van der Waals surface area contributed by atoms with Crippen LogP contribution < -0.4 is 0 Å². The highest BCUT2D eigenvalue weighted by Crippen LogP contribution is 2.31. The minimum absolute atomic E-state index is 0.231. The molecule has 2 aromatic rings. The lowest BCUT2D eigenvalue weighted by Crippen LogP contribution is -2.10. The van der Waals surface area contributed by atoms with Gasteiger partial charge in [0.05, 0.1) is 6.04 Å². The first kappa shape index (κ1) is 10.9. The van der Waals surface area contributed by atoms with Gasteiger partial charge in [0.15, 0.2) is 0 Å². The fraction of sp³-hybridized carbons (Fsp3) is 0.250. The summed E-state index contributed by atoms with van der Waals surface area (Å²) in [6.45, 7) is 0. The molecule has 0 unspecified atom stereocenters. The van der Waals surface area contributed by atoms with E-state index in [1.54, 1.807) is 18.2 Å². The van der Waals surface area contributed by atoms with Gasteiger partial charge >= 0.3 is 5.97 Å². The topological polar surface area (TPSA) is 68.0 Å². The van der Waals surface area contributed by atoms with E-state index in [1.807, 2.05) is 0 Å². The van der Waals surface area contributed by atoms with Crippen LogP contribution in [0.3, 0.4) is 0 Å². The molecule has 0 saturated carbocycles. The van der Waals surface area contributed by atoms with Crippen LogP contribution in [-0.4, -0.2) is 25.8 Å². The Morgan fingerprint density at radius 3 is 2.94 bits per heavy atom. The molecule has 3 rings (SSSR count). The van der Waals surface area contributed by atoms with E-state index in [-0.39, 0.29) is 17.7 Å². The van der Waals surface area contributed by atoms with Gasteiger partial charge in [-0.3, -0.25) is 0 Å². The molecule has 0 spiro atoms. The van der Waals surface area contributed by atoms with Gasteiger partial charge in [-0.2, -0.15) is 0 Å². The third kappa shape index (κ3) is 1.57. The lowest BCUT2D eigenvalue weighted by Gasteiger charge is -2.12. The van der Waals surface area contributed by atoms with E-state index in [1.165, 1.54) is 10.7 Å². The molecule has 92 valence electrons. The monoisotopic (exact) mass is 247 g/mol. The summed E-state index contributed by atoms with van der Waals surface area (Å²) >= 11 is 0. The van der Waals surface area contributed by atoms with Crippen molar-refractivity contribution in [3.05, 3.63) is 47.3 Å². The van der Waals surface area contributed by atoms with Crippen molar-refractivity contribution in [2.75, 3.05) is 0 Å². The van der Waals surface area contributed by atoms with E-state index in [9.17, 15) is 9.18 Å². The first-order valence-corrected chi connectivity index (χ1v) is 5.60. The average Bonchev–Trinajstić information content (AvgIpc) is 2.89. The zero-order valence-corrected chi connectivity index (χ0v) is 9.38. The van der Waals surface area contributed by atoms with Crippen LogP contribution >= 0.6 is 0 Å². The Hall–Kier alpha value is -2.24. The number of carboxylic acids is 1. The van der Waals surface area contributed by atoms with Crippen LogP contribution in [-0.2, 0) is 6.42 Å². The fourth-order valence-electron chi connectivity index (χ4n) is 2.29. The van der Waals surface area contributed by atoms with E-state index in [2.05, 4.69) is 10.1 Å². The second-order valence-electron chi connectivity index (χ2n) is 4.18. The van der Waals surface area contributed by atoms with Crippen LogP contribution in [0.1, 0.15) is 34.5 Å². The van der Waals surface area contributed by atoms with Gasteiger partial charge in [0.1, 0.15) is 11.6 Å². The summed E-state index contributed by atoms with van der Waals surface area (Å²) in [5.41, 5.74) is 0.526. The Kier molecular flexibility index (Phi) is 2.36. The number of carbonyl (C=O) groups is 1. The van der Waals surface area contributed by atoms with Gasteiger partial charge in [0.2, 0.25) is 0 Å². The second-order valence-corrected chi connectivity index (χ2v) is 4.18. The van der Waals surface area contributed by atoms with E-state index in [4.69, 9.17) is 5.11 Å². The number of fused-ring (bicyclic) bond motifs is 1. The van der Waals surface area contributed by atoms with Crippen molar-refractivity contribution in [3.63, 3.8) is 0 Å². The van der Waals surface area contributed by atoms with Crippen molar-refractivity contribution in [3.8, 4) is 0 Å². The molecule has 18 heavy (non-hydrogen) atoms. The Balaban J connectivity index is 2.04. The van der Waals surface area contributed by atoms with Crippen molar-refractivity contribution < 1.29 is 14.3 Å². The van der Waals surface area contributed by atoms with E-state index >= 15 is 0 Å². The average molecular weight is 247 g/mol. The van der Waals surface area contributed by atoms with Gasteiger partial charge in [-0.15, -0.1) is 5.10 Å². The van der Waals surface area contributed by atoms with Crippen LogP contribution in [0, 0.1) is 5.82 Å². The molecule has 0 saturated heterocycles. The molecule has 5 nitrogen and oxygen atoms in total. The van der Waals surface area contributed by atoms with E-state index in [0.29, 0.717) is 24.2 Å². The number of carboxylic acid groups (broad SMARTS) is 1. The summed E-state index contributed by atoms with van der Waals surface area (Å²) in [5.74, 6) is -1.10. The van der Waals surface area contributed by atoms with Crippen molar-refractivity contribution in [1.82, 2.24) is 14.8 Å². The number of benzene rings is 1. The zero-order valence-electron chi connectivity index (χ0n) is 9.38. The van der Waals surface area contributed by atoms with Crippen LogP contribution in [0.25, 0.3) is 0 Å². The van der Waals surface area contributed by atoms with Crippen LogP contribution in [0.15, 0.2) is 24.3 Å². The van der Waals surface area contributed by atoms with Crippen LogP contribution in [0.2, 0.25) is 0 Å². The highest BCUT2D eigenvalue weighted by atomic mass is 19.1. The molecule has 0 aliphatic carbocycles. The third-order valence-corrected chi connectivity index (χ3v) is 3.09. The molecule has 0 radical (unpaired) electrons. The maximum atomic E-state index is 13.7. The summed E-state index contributed by atoms with van der Waals surface area (Å²) < 4.78 is 15.2.